The van der Waals surface area contributed by atoms with Crippen molar-refractivity contribution in [3.63, 3.8) is 0 Å². The van der Waals surface area contributed by atoms with Crippen LogP contribution in [0.2, 0.25) is 0 Å². The van der Waals surface area contributed by atoms with Gasteiger partial charge in [-0.05, 0) is 25.0 Å². The van der Waals surface area contributed by atoms with Crippen molar-refractivity contribution in [3.8, 4) is 0 Å². The van der Waals surface area contributed by atoms with E-state index in [0.717, 1.165) is 28.9 Å². The third-order valence-corrected chi connectivity index (χ3v) is 4.74. The lowest BCUT2D eigenvalue weighted by Crippen LogP contribution is -3.09. The summed E-state index contributed by atoms with van der Waals surface area (Å²) in [6.07, 6.45) is 2.15. The molecule has 0 aliphatic heterocycles. The average Bonchev–Trinajstić information content (AvgIpc) is 3.46. The number of rotatable bonds is 7. The number of hydrogen-bond donors (Lipinski definition) is 3. The Hall–Kier alpha value is -2.66. The molecular weight excluding hydrogens is 326 g/mol. The molecule has 5 heteroatoms. The molecule has 26 heavy (non-hydrogen) atoms. The van der Waals surface area contributed by atoms with Crippen LogP contribution in [0.1, 0.15) is 40.4 Å². The van der Waals surface area contributed by atoms with E-state index < -0.39 is 0 Å². The quantitative estimate of drug-likeness (QED) is 0.698. The first-order chi connectivity index (χ1) is 12.6. The molecule has 2 atom stereocenters. The number of hydrogen-bond acceptors (Lipinski definition) is 2. The van der Waals surface area contributed by atoms with E-state index in [1.807, 2.05) is 61.6 Å². The summed E-state index contributed by atoms with van der Waals surface area (Å²) < 4.78 is 0. The number of quaternary nitrogens is 1. The molecule has 0 spiro atoms. The van der Waals surface area contributed by atoms with Crippen molar-refractivity contribution in [2.75, 3.05) is 14.1 Å². The minimum Gasteiger partial charge on any atom is -0.355 e. The summed E-state index contributed by atoms with van der Waals surface area (Å²) in [5, 5.41) is 5.76. The number of benzene rings is 2. The van der Waals surface area contributed by atoms with Crippen molar-refractivity contribution in [2.45, 2.75) is 31.5 Å². The molecule has 1 aliphatic rings. The molecule has 2 amide bonds. The van der Waals surface area contributed by atoms with Gasteiger partial charge in [0.2, 0.25) is 0 Å². The maximum Gasteiger partial charge on any atom is 0.283 e. The molecule has 1 saturated carbocycles. The molecule has 0 radical (unpaired) electrons. The van der Waals surface area contributed by atoms with Gasteiger partial charge in [0.1, 0.15) is 6.54 Å². The Morgan fingerprint density at radius 2 is 1.73 bits per heavy atom. The van der Waals surface area contributed by atoms with Crippen molar-refractivity contribution < 1.29 is 14.5 Å². The van der Waals surface area contributed by atoms with Crippen molar-refractivity contribution >= 4 is 11.8 Å². The fraction of sp³-hybridized carbons (Fsp3) is 0.333. The molecule has 0 saturated heterocycles. The Bertz CT molecular complexity index is 755. The minimum atomic E-state index is -0.254. The van der Waals surface area contributed by atoms with Crippen LogP contribution in [0.3, 0.4) is 0 Å². The van der Waals surface area contributed by atoms with Gasteiger partial charge in [0.15, 0.2) is 6.04 Å². The lowest BCUT2D eigenvalue weighted by molar-refractivity contribution is -0.916. The molecule has 136 valence electrons. The summed E-state index contributed by atoms with van der Waals surface area (Å²) in [6.45, 7) is 0.700. The van der Waals surface area contributed by atoms with Crippen LogP contribution in [-0.2, 0) is 11.3 Å². The molecule has 2 aromatic carbocycles. The van der Waals surface area contributed by atoms with Gasteiger partial charge in [-0.25, -0.2) is 0 Å². The molecule has 3 N–H and O–H groups in total. The first-order valence-corrected chi connectivity index (χ1v) is 9.07. The summed E-state index contributed by atoms with van der Waals surface area (Å²) in [4.78, 5) is 25.6. The zero-order chi connectivity index (χ0) is 18.5. The molecule has 1 fully saturated rings. The third kappa shape index (κ3) is 4.49. The van der Waals surface area contributed by atoms with Crippen LogP contribution in [0.15, 0.2) is 54.6 Å². The van der Waals surface area contributed by atoms with E-state index in [2.05, 4.69) is 10.6 Å². The van der Waals surface area contributed by atoms with Crippen molar-refractivity contribution in [1.82, 2.24) is 10.6 Å². The first-order valence-electron chi connectivity index (χ1n) is 9.07. The topological polar surface area (TPSA) is 62.6 Å². The highest BCUT2D eigenvalue weighted by molar-refractivity contribution is 5.93. The second-order valence-corrected chi connectivity index (χ2v) is 6.93. The van der Waals surface area contributed by atoms with Gasteiger partial charge in [0.25, 0.3) is 11.8 Å². The number of carbonyl (C=O) groups excluding carboxylic acids is 2. The predicted molar refractivity (Wildman–Crippen MR) is 101 cm³/mol. The molecule has 1 unspecified atom stereocenters. The van der Waals surface area contributed by atoms with Crippen LogP contribution in [0, 0.1) is 0 Å². The summed E-state index contributed by atoms with van der Waals surface area (Å²) in [5.41, 5.74) is 2.75. The maximum absolute atomic E-state index is 12.8. The van der Waals surface area contributed by atoms with Crippen LogP contribution in [0.5, 0.6) is 0 Å². The Kier molecular flexibility index (Phi) is 5.68. The smallest absolute Gasteiger partial charge is 0.283 e. The van der Waals surface area contributed by atoms with Gasteiger partial charge in [-0.3, -0.25) is 9.59 Å². The Morgan fingerprint density at radius 1 is 1.08 bits per heavy atom. The second-order valence-electron chi connectivity index (χ2n) is 6.93. The lowest BCUT2D eigenvalue weighted by atomic mass is 10.0. The van der Waals surface area contributed by atoms with Gasteiger partial charge < -0.3 is 15.5 Å². The molecular formula is C21H26N3O2+. The van der Waals surface area contributed by atoms with Crippen molar-refractivity contribution in [2.24, 2.45) is 0 Å². The van der Waals surface area contributed by atoms with E-state index in [1.165, 1.54) is 0 Å². The van der Waals surface area contributed by atoms with E-state index in [4.69, 9.17) is 0 Å². The fourth-order valence-corrected chi connectivity index (χ4v) is 3.16. The van der Waals surface area contributed by atoms with Gasteiger partial charge in [-0.1, -0.05) is 42.5 Å². The lowest BCUT2D eigenvalue weighted by Gasteiger charge is -2.25. The largest absolute Gasteiger partial charge is 0.355 e. The van der Waals surface area contributed by atoms with Gasteiger partial charge in [-0.15, -0.1) is 0 Å². The monoisotopic (exact) mass is 352 g/mol. The van der Waals surface area contributed by atoms with E-state index in [-0.39, 0.29) is 17.9 Å². The van der Waals surface area contributed by atoms with E-state index in [9.17, 15) is 9.59 Å². The van der Waals surface area contributed by atoms with E-state index in [1.54, 1.807) is 7.05 Å². The Morgan fingerprint density at radius 3 is 2.31 bits per heavy atom. The Labute approximate surface area is 154 Å². The number of amides is 2. The van der Waals surface area contributed by atoms with Crippen LogP contribution in [0.25, 0.3) is 0 Å². The normalized spacial score (nSPS) is 15.8. The molecule has 0 bridgehead atoms. The summed E-state index contributed by atoms with van der Waals surface area (Å²) in [5.74, 6) is -0.0126. The molecule has 3 rings (SSSR count). The highest BCUT2D eigenvalue weighted by Crippen LogP contribution is 2.20. The molecule has 5 nitrogen and oxygen atoms in total. The maximum atomic E-state index is 12.8. The predicted octanol–water partition coefficient (Wildman–Crippen LogP) is 1.08. The number of carbonyl (C=O) groups is 2. The summed E-state index contributed by atoms with van der Waals surface area (Å²) >= 11 is 0. The van der Waals surface area contributed by atoms with Crippen molar-refractivity contribution in [3.05, 3.63) is 71.3 Å². The van der Waals surface area contributed by atoms with Gasteiger partial charge in [-0.2, -0.15) is 0 Å². The highest BCUT2D eigenvalue weighted by Gasteiger charge is 2.33. The van der Waals surface area contributed by atoms with Crippen LogP contribution >= 0.6 is 0 Å². The van der Waals surface area contributed by atoms with E-state index in [0.29, 0.717) is 18.2 Å². The van der Waals surface area contributed by atoms with Gasteiger partial charge in [0, 0.05) is 29.8 Å². The zero-order valence-electron chi connectivity index (χ0n) is 15.3. The molecule has 1 aliphatic carbocycles. The van der Waals surface area contributed by atoms with Gasteiger partial charge >= 0.3 is 0 Å². The van der Waals surface area contributed by atoms with Gasteiger partial charge in [0.05, 0.1) is 7.05 Å². The molecule has 2 aromatic rings. The third-order valence-electron chi connectivity index (χ3n) is 4.74. The summed E-state index contributed by atoms with van der Waals surface area (Å²) in [7, 11) is 3.66. The molecule has 0 aromatic heterocycles. The summed E-state index contributed by atoms with van der Waals surface area (Å²) in [6, 6.07) is 17.6. The first kappa shape index (κ1) is 18.1. The van der Waals surface area contributed by atoms with Crippen molar-refractivity contribution in [1.29, 1.82) is 0 Å². The molecule has 0 heterocycles. The standard InChI is InChI=1S/C21H25N3O2/c1-22-20(25)17-10-8-15(9-11-17)14-24(2)19(16-6-4-3-5-7-16)21(26)23-18-12-13-18/h3-11,18-19H,12-14H2,1-2H3,(H,22,25)(H,23,26)/p+1/t19-/m1/s1. The highest BCUT2D eigenvalue weighted by atomic mass is 16.2. The zero-order valence-corrected chi connectivity index (χ0v) is 15.3. The SMILES string of the molecule is CNC(=O)c1ccc(C[NH+](C)[C@@H](C(=O)NC2CC2)c2ccccc2)cc1. The van der Waals surface area contributed by atoms with Crippen LogP contribution in [0.4, 0.5) is 0 Å². The number of nitrogens with one attached hydrogen (secondary N) is 3. The Balaban J connectivity index is 1.75. The minimum absolute atomic E-state index is 0.0816. The van der Waals surface area contributed by atoms with E-state index >= 15 is 0 Å². The van der Waals surface area contributed by atoms with Crippen LogP contribution in [-0.4, -0.2) is 32.0 Å². The second kappa shape index (κ2) is 8.15. The fourth-order valence-electron chi connectivity index (χ4n) is 3.16. The number of likely N-dealkylation sites (N-methyl/N-ethyl adjacent to an activating group) is 1. The average molecular weight is 352 g/mol. The van der Waals surface area contributed by atoms with Crippen LogP contribution < -0.4 is 15.5 Å².